The van der Waals surface area contributed by atoms with Crippen LogP contribution in [0.25, 0.3) is 10.9 Å². The highest BCUT2D eigenvalue weighted by Gasteiger charge is 2.13. The Balaban J connectivity index is 2.21. The summed E-state index contributed by atoms with van der Waals surface area (Å²) in [5, 5.41) is 3.48. The lowest BCUT2D eigenvalue weighted by molar-refractivity contribution is 0.0945. The molecular formula is C13H16N4O2. The maximum absolute atomic E-state index is 12.1. The molecule has 0 bridgehead atoms. The number of ether oxygens (including phenoxy) is 1. The highest BCUT2D eigenvalue weighted by atomic mass is 16.5. The van der Waals surface area contributed by atoms with Gasteiger partial charge in [-0.05, 0) is 12.5 Å². The largest absolute Gasteiger partial charge is 0.385 e. The second-order valence-electron chi connectivity index (χ2n) is 4.05. The van der Waals surface area contributed by atoms with Gasteiger partial charge in [-0.3, -0.25) is 4.79 Å². The van der Waals surface area contributed by atoms with Gasteiger partial charge in [0.2, 0.25) is 5.95 Å². The van der Waals surface area contributed by atoms with Crippen molar-refractivity contribution in [1.82, 2.24) is 15.3 Å². The lowest BCUT2D eigenvalue weighted by Gasteiger charge is -2.07. The van der Waals surface area contributed by atoms with Crippen molar-refractivity contribution in [2.45, 2.75) is 6.42 Å². The maximum atomic E-state index is 12.1. The third-order valence-corrected chi connectivity index (χ3v) is 2.65. The average Bonchev–Trinajstić information content (AvgIpc) is 2.42. The Kier molecular flexibility index (Phi) is 4.25. The van der Waals surface area contributed by atoms with Crippen LogP contribution in [0.4, 0.5) is 5.95 Å². The fourth-order valence-electron chi connectivity index (χ4n) is 1.77. The summed E-state index contributed by atoms with van der Waals surface area (Å²) in [6.45, 7) is 1.14. The van der Waals surface area contributed by atoms with Crippen molar-refractivity contribution in [1.29, 1.82) is 0 Å². The number of aromatic nitrogens is 2. The number of hydrogen-bond acceptors (Lipinski definition) is 5. The van der Waals surface area contributed by atoms with Gasteiger partial charge in [-0.25, -0.2) is 9.97 Å². The number of anilines is 1. The second kappa shape index (κ2) is 6.10. The first-order valence-corrected chi connectivity index (χ1v) is 6.02. The quantitative estimate of drug-likeness (QED) is 0.782. The molecule has 0 aliphatic rings. The Labute approximate surface area is 111 Å². The summed E-state index contributed by atoms with van der Waals surface area (Å²) in [5.74, 6) is -0.151. The minimum atomic E-state index is -0.249. The fraction of sp³-hybridized carbons (Fsp3) is 0.308. The molecule has 0 radical (unpaired) electrons. The number of para-hydroxylation sites is 1. The van der Waals surface area contributed by atoms with Crippen molar-refractivity contribution < 1.29 is 9.53 Å². The summed E-state index contributed by atoms with van der Waals surface area (Å²) in [5.41, 5.74) is 6.59. The lowest BCUT2D eigenvalue weighted by Crippen LogP contribution is -2.26. The predicted octanol–water partition coefficient (Wildman–Crippen LogP) is 0.978. The molecule has 0 aliphatic carbocycles. The average molecular weight is 260 g/mol. The molecule has 1 heterocycles. The maximum Gasteiger partial charge on any atom is 0.270 e. The Morgan fingerprint density at radius 2 is 2.16 bits per heavy atom. The van der Waals surface area contributed by atoms with Crippen molar-refractivity contribution in [2.75, 3.05) is 26.0 Å². The third-order valence-electron chi connectivity index (χ3n) is 2.65. The van der Waals surface area contributed by atoms with E-state index >= 15 is 0 Å². The summed E-state index contributed by atoms with van der Waals surface area (Å²) >= 11 is 0. The van der Waals surface area contributed by atoms with Crippen molar-refractivity contribution in [3.05, 3.63) is 30.0 Å². The highest BCUT2D eigenvalue weighted by molar-refractivity contribution is 6.04. The first kappa shape index (κ1) is 13.2. The van der Waals surface area contributed by atoms with Crippen LogP contribution < -0.4 is 11.1 Å². The van der Waals surface area contributed by atoms with E-state index in [-0.39, 0.29) is 11.9 Å². The molecule has 6 heteroatoms. The number of methoxy groups -OCH3 is 1. The molecule has 1 aromatic carbocycles. The van der Waals surface area contributed by atoms with Crippen molar-refractivity contribution in [3.63, 3.8) is 0 Å². The molecule has 1 amide bonds. The number of carbonyl (C=O) groups is 1. The van der Waals surface area contributed by atoms with Gasteiger partial charge in [0.05, 0.1) is 5.52 Å². The van der Waals surface area contributed by atoms with Gasteiger partial charge in [0.25, 0.3) is 5.91 Å². The minimum Gasteiger partial charge on any atom is -0.385 e. The van der Waals surface area contributed by atoms with Crippen LogP contribution in [-0.4, -0.2) is 36.1 Å². The number of amides is 1. The van der Waals surface area contributed by atoms with Crippen LogP contribution in [0.3, 0.4) is 0 Å². The topological polar surface area (TPSA) is 90.1 Å². The van der Waals surface area contributed by atoms with Crippen molar-refractivity contribution >= 4 is 22.8 Å². The van der Waals surface area contributed by atoms with Gasteiger partial charge in [-0.1, -0.05) is 18.2 Å². The van der Waals surface area contributed by atoms with E-state index in [0.717, 1.165) is 6.42 Å². The summed E-state index contributed by atoms with van der Waals surface area (Å²) in [6, 6.07) is 7.28. The highest BCUT2D eigenvalue weighted by Crippen LogP contribution is 2.16. The van der Waals surface area contributed by atoms with Crippen LogP contribution in [0.15, 0.2) is 24.3 Å². The van der Waals surface area contributed by atoms with Crippen LogP contribution in [0.5, 0.6) is 0 Å². The number of carbonyl (C=O) groups excluding carboxylic acids is 1. The summed E-state index contributed by atoms with van der Waals surface area (Å²) in [7, 11) is 1.63. The Bertz CT molecular complexity index is 586. The Morgan fingerprint density at radius 1 is 1.37 bits per heavy atom. The van der Waals surface area contributed by atoms with Gasteiger partial charge >= 0.3 is 0 Å². The third kappa shape index (κ3) is 3.17. The van der Waals surface area contributed by atoms with Gasteiger partial charge in [0, 0.05) is 25.6 Å². The molecule has 2 rings (SSSR count). The molecule has 100 valence electrons. The van der Waals surface area contributed by atoms with E-state index in [1.165, 1.54) is 0 Å². The molecule has 0 fully saturated rings. The number of hydrogen-bond donors (Lipinski definition) is 2. The fourth-order valence-corrected chi connectivity index (χ4v) is 1.77. The van der Waals surface area contributed by atoms with Crippen molar-refractivity contribution in [3.8, 4) is 0 Å². The lowest BCUT2D eigenvalue weighted by atomic mass is 10.2. The molecule has 0 spiro atoms. The standard InChI is InChI=1S/C13H16N4O2/c1-19-8-4-7-15-12(18)11-9-5-2-3-6-10(9)16-13(14)17-11/h2-3,5-6H,4,7-8H2,1H3,(H,15,18)(H2,14,16,17). The Morgan fingerprint density at radius 3 is 2.95 bits per heavy atom. The number of nitrogens with zero attached hydrogens (tertiary/aromatic N) is 2. The van der Waals surface area contributed by atoms with E-state index in [0.29, 0.717) is 29.7 Å². The number of rotatable bonds is 5. The van der Waals surface area contributed by atoms with Crippen LogP contribution in [0.1, 0.15) is 16.9 Å². The SMILES string of the molecule is COCCCNC(=O)c1nc(N)nc2ccccc12. The zero-order valence-electron chi connectivity index (χ0n) is 10.7. The summed E-state index contributed by atoms with van der Waals surface area (Å²) < 4.78 is 4.92. The van der Waals surface area contributed by atoms with E-state index in [1.807, 2.05) is 12.1 Å². The van der Waals surface area contributed by atoms with E-state index in [2.05, 4.69) is 15.3 Å². The first-order valence-electron chi connectivity index (χ1n) is 6.02. The Hall–Kier alpha value is -2.21. The van der Waals surface area contributed by atoms with Crippen LogP contribution in [0.2, 0.25) is 0 Å². The number of nitrogen functional groups attached to an aromatic ring is 1. The number of nitrogens with one attached hydrogen (secondary N) is 1. The molecule has 0 unspecified atom stereocenters. The molecule has 6 nitrogen and oxygen atoms in total. The van der Waals surface area contributed by atoms with Gasteiger partial charge in [-0.2, -0.15) is 0 Å². The summed E-state index contributed by atoms with van der Waals surface area (Å²) in [6.07, 6.45) is 0.751. The van der Waals surface area contributed by atoms with Crippen LogP contribution in [-0.2, 0) is 4.74 Å². The van der Waals surface area contributed by atoms with Crippen LogP contribution >= 0.6 is 0 Å². The zero-order chi connectivity index (χ0) is 13.7. The molecule has 0 saturated carbocycles. The van der Waals surface area contributed by atoms with Gasteiger partial charge < -0.3 is 15.8 Å². The number of benzene rings is 1. The molecule has 3 N–H and O–H groups in total. The first-order chi connectivity index (χ1) is 9.22. The molecule has 2 aromatic rings. The minimum absolute atomic E-state index is 0.0979. The molecule has 0 aliphatic heterocycles. The molecule has 19 heavy (non-hydrogen) atoms. The molecular weight excluding hydrogens is 244 g/mol. The molecule has 0 saturated heterocycles. The van der Waals surface area contributed by atoms with E-state index in [1.54, 1.807) is 19.2 Å². The van der Waals surface area contributed by atoms with Crippen molar-refractivity contribution in [2.24, 2.45) is 0 Å². The van der Waals surface area contributed by atoms with Crippen LogP contribution in [0, 0.1) is 0 Å². The predicted molar refractivity (Wildman–Crippen MR) is 72.8 cm³/mol. The second-order valence-corrected chi connectivity index (χ2v) is 4.05. The normalized spacial score (nSPS) is 10.6. The van der Waals surface area contributed by atoms with Gasteiger partial charge in [0.15, 0.2) is 0 Å². The van der Waals surface area contributed by atoms with E-state index < -0.39 is 0 Å². The van der Waals surface area contributed by atoms with E-state index in [9.17, 15) is 4.79 Å². The number of nitrogens with two attached hydrogens (primary N) is 1. The summed E-state index contributed by atoms with van der Waals surface area (Å²) in [4.78, 5) is 20.2. The molecule has 1 aromatic heterocycles. The van der Waals surface area contributed by atoms with Gasteiger partial charge in [-0.15, -0.1) is 0 Å². The zero-order valence-corrected chi connectivity index (χ0v) is 10.7. The number of fused-ring (bicyclic) bond motifs is 1. The monoisotopic (exact) mass is 260 g/mol. The van der Waals surface area contributed by atoms with Gasteiger partial charge in [0.1, 0.15) is 5.69 Å². The van der Waals surface area contributed by atoms with E-state index in [4.69, 9.17) is 10.5 Å². The molecule has 0 atom stereocenters. The smallest absolute Gasteiger partial charge is 0.270 e.